The van der Waals surface area contributed by atoms with Gasteiger partial charge in [0.15, 0.2) is 0 Å². The van der Waals surface area contributed by atoms with Crippen molar-refractivity contribution in [1.82, 2.24) is 0 Å². The summed E-state index contributed by atoms with van der Waals surface area (Å²) < 4.78 is 37.3. The molecule has 0 spiro atoms. The van der Waals surface area contributed by atoms with Gasteiger partial charge in [-0.2, -0.15) is 13.2 Å². The molecular weight excluding hydrogens is 213 g/mol. The summed E-state index contributed by atoms with van der Waals surface area (Å²) in [6.45, 7) is 3.29. The van der Waals surface area contributed by atoms with E-state index in [9.17, 15) is 13.2 Å². The number of hydrogen-bond acceptors (Lipinski definition) is 0. The Morgan fingerprint density at radius 2 is 1.69 bits per heavy atom. The molecule has 1 aromatic carbocycles. The number of hydrogen-bond donors (Lipinski definition) is 0. The highest BCUT2D eigenvalue weighted by molar-refractivity contribution is 5.26. The van der Waals surface area contributed by atoms with Gasteiger partial charge in [-0.15, -0.1) is 0 Å². The van der Waals surface area contributed by atoms with E-state index >= 15 is 0 Å². The standard InChI is InChI=1S/C13H17F3/c1-3-4-5-11-6-8-12(9-7-11)10(2)13(14,15)16/h6-10H,3-5H2,1-2H3/t10-/m0/s1. The van der Waals surface area contributed by atoms with E-state index in [0.29, 0.717) is 5.56 Å². The van der Waals surface area contributed by atoms with Gasteiger partial charge in [0.2, 0.25) is 0 Å². The van der Waals surface area contributed by atoms with E-state index in [1.54, 1.807) is 24.3 Å². The molecule has 0 aromatic heterocycles. The lowest BCUT2D eigenvalue weighted by Gasteiger charge is -2.16. The summed E-state index contributed by atoms with van der Waals surface area (Å²) in [6, 6.07) is 6.77. The Hall–Kier alpha value is -0.990. The maximum Gasteiger partial charge on any atom is 0.395 e. The SMILES string of the molecule is CCCCc1ccc([C@H](C)C(F)(F)F)cc1. The predicted octanol–water partition coefficient (Wildman–Crippen LogP) is 4.70. The van der Waals surface area contributed by atoms with Crippen LogP contribution in [0.5, 0.6) is 0 Å². The van der Waals surface area contributed by atoms with E-state index in [1.807, 2.05) is 0 Å². The van der Waals surface area contributed by atoms with Crippen molar-refractivity contribution in [2.45, 2.75) is 45.2 Å². The Bertz CT molecular complexity index is 311. The third kappa shape index (κ3) is 3.54. The van der Waals surface area contributed by atoms with Gasteiger partial charge in [-0.25, -0.2) is 0 Å². The molecule has 90 valence electrons. The second kappa shape index (κ2) is 5.37. The molecule has 0 fully saturated rings. The molecule has 0 heterocycles. The first-order chi connectivity index (χ1) is 7.45. The molecule has 1 atom stereocenters. The lowest BCUT2D eigenvalue weighted by atomic mass is 9.98. The molecule has 0 nitrogen and oxygen atoms in total. The Kier molecular flexibility index (Phi) is 4.39. The Labute approximate surface area is 94.5 Å². The van der Waals surface area contributed by atoms with Crippen molar-refractivity contribution in [3.63, 3.8) is 0 Å². The molecule has 0 unspecified atom stereocenters. The summed E-state index contributed by atoms with van der Waals surface area (Å²) >= 11 is 0. The van der Waals surface area contributed by atoms with Crippen LogP contribution in [0.2, 0.25) is 0 Å². The first kappa shape index (κ1) is 13.1. The number of rotatable bonds is 4. The molecule has 0 aliphatic carbocycles. The normalized spacial score (nSPS) is 13.8. The fourth-order valence-electron chi connectivity index (χ4n) is 1.54. The van der Waals surface area contributed by atoms with Gasteiger partial charge in [-0.1, -0.05) is 37.6 Å². The summed E-state index contributed by atoms with van der Waals surface area (Å²) in [5, 5.41) is 0. The van der Waals surface area contributed by atoms with Crippen LogP contribution in [-0.4, -0.2) is 6.18 Å². The van der Waals surface area contributed by atoms with E-state index in [2.05, 4.69) is 6.92 Å². The lowest BCUT2D eigenvalue weighted by Crippen LogP contribution is -2.17. The third-order valence-corrected chi connectivity index (χ3v) is 2.79. The minimum Gasteiger partial charge on any atom is -0.170 e. The number of unbranched alkanes of at least 4 members (excludes halogenated alkanes) is 1. The maximum absolute atomic E-state index is 12.4. The van der Waals surface area contributed by atoms with Crippen molar-refractivity contribution >= 4 is 0 Å². The zero-order valence-electron chi connectivity index (χ0n) is 9.64. The molecule has 16 heavy (non-hydrogen) atoms. The molecule has 0 saturated heterocycles. The second-order valence-corrected chi connectivity index (χ2v) is 4.11. The van der Waals surface area contributed by atoms with Crippen molar-refractivity contribution in [1.29, 1.82) is 0 Å². The van der Waals surface area contributed by atoms with Gasteiger partial charge in [0.1, 0.15) is 0 Å². The summed E-state index contributed by atoms with van der Waals surface area (Å²) in [5.41, 5.74) is 1.45. The average molecular weight is 230 g/mol. The van der Waals surface area contributed by atoms with Crippen LogP contribution in [0.1, 0.15) is 43.7 Å². The first-order valence-corrected chi connectivity index (χ1v) is 5.60. The van der Waals surface area contributed by atoms with Crippen molar-refractivity contribution in [2.24, 2.45) is 0 Å². The van der Waals surface area contributed by atoms with Crippen LogP contribution < -0.4 is 0 Å². The van der Waals surface area contributed by atoms with Crippen molar-refractivity contribution in [3.8, 4) is 0 Å². The Morgan fingerprint density at radius 3 is 2.12 bits per heavy atom. The first-order valence-electron chi connectivity index (χ1n) is 5.60. The monoisotopic (exact) mass is 230 g/mol. The van der Waals surface area contributed by atoms with Gasteiger partial charge < -0.3 is 0 Å². The fraction of sp³-hybridized carbons (Fsp3) is 0.538. The Balaban J connectivity index is 2.71. The quantitative estimate of drug-likeness (QED) is 0.703. The highest BCUT2D eigenvalue weighted by atomic mass is 19.4. The smallest absolute Gasteiger partial charge is 0.170 e. The van der Waals surface area contributed by atoms with Gasteiger partial charge in [-0.05, 0) is 30.9 Å². The van der Waals surface area contributed by atoms with Gasteiger partial charge in [0.25, 0.3) is 0 Å². The average Bonchev–Trinajstić information content (AvgIpc) is 2.25. The molecule has 0 aliphatic rings. The van der Waals surface area contributed by atoms with Crippen LogP contribution in [0.3, 0.4) is 0 Å². The van der Waals surface area contributed by atoms with E-state index < -0.39 is 12.1 Å². The van der Waals surface area contributed by atoms with E-state index in [4.69, 9.17) is 0 Å². The van der Waals surface area contributed by atoms with Crippen LogP contribution in [-0.2, 0) is 6.42 Å². The molecule has 0 amide bonds. The zero-order chi connectivity index (χ0) is 12.2. The Morgan fingerprint density at radius 1 is 1.12 bits per heavy atom. The number of alkyl halides is 3. The van der Waals surface area contributed by atoms with Gasteiger partial charge in [-0.3, -0.25) is 0 Å². The topological polar surface area (TPSA) is 0 Å². The van der Waals surface area contributed by atoms with Gasteiger partial charge in [0.05, 0.1) is 5.92 Å². The van der Waals surface area contributed by atoms with E-state index in [1.165, 1.54) is 6.92 Å². The third-order valence-electron chi connectivity index (χ3n) is 2.79. The molecule has 0 bridgehead atoms. The molecular formula is C13H17F3. The molecule has 0 saturated carbocycles. The summed E-state index contributed by atoms with van der Waals surface area (Å²) in [7, 11) is 0. The number of benzene rings is 1. The fourth-order valence-corrected chi connectivity index (χ4v) is 1.54. The largest absolute Gasteiger partial charge is 0.395 e. The molecule has 0 N–H and O–H groups in total. The van der Waals surface area contributed by atoms with Crippen LogP contribution >= 0.6 is 0 Å². The van der Waals surface area contributed by atoms with Crippen molar-refractivity contribution in [3.05, 3.63) is 35.4 Å². The minimum absolute atomic E-state index is 0.341. The number of aryl methyl sites for hydroxylation is 1. The van der Waals surface area contributed by atoms with Crippen LogP contribution in [0, 0.1) is 0 Å². The van der Waals surface area contributed by atoms with Crippen molar-refractivity contribution in [2.75, 3.05) is 0 Å². The van der Waals surface area contributed by atoms with Gasteiger partial charge >= 0.3 is 6.18 Å². The number of halogens is 3. The predicted molar refractivity (Wildman–Crippen MR) is 59.5 cm³/mol. The molecule has 0 aliphatic heterocycles. The van der Waals surface area contributed by atoms with E-state index in [-0.39, 0.29) is 0 Å². The highest BCUT2D eigenvalue weighted by Crippen LogP contribution is 2.34. The molecule has 1 aromatic rings. The van der Waals surface area contributed by atoms with Crippen LogP contribution in [0.4, 0.5) is 13.2 Å². The summed E-state index contributed by atoms with van der Waals surface area (Å²) in [4.78, 5) is 0. The van der Waals surface area contributed by atoms with Crippen LogP contribution in [0.25, 0.3) is 0 Å². The highest BCUT2D eigenvalue weighted by Gasteiger charge is 2.36. The summed E-state index contributed by atoms with van der Waals surface area (Å²) in [5.74, 6) is -1.38. The summed E-state index contributed by atoms with van der Waals surface area (Å²) in [6.07, 6.45) is -1.03. The minimum atomic E-state index is -4.15. The molecule has 3 heteroatoms. The van der Waals surface area contributed by atoms with Gasteiger partial charge in [0, 0.05) is 0 Å². The van der Waals surface area contributed by atoms with Crippen LogP contribution in [0.15, 0.2) is 24.3 Å². The van der Waals surface area contributed by atoms with Crippen molar-refractivity contribution < 1.29 is 13.2 Å². The van der Waals surface area contributed by atoms with E-state index in [0.717, 1.165) is 24.8 Å². The molecule has 1 rings (SSSR count). The molecule has 0 radical (unpaired) electrons. The maximum atomic E-state index is 12.4. The lowest BCUT2D eigenvalue weighted by molar-refractivity contribution is -0.146. The second-order valence-electron chi connectivity index (χ2n) is 4.11. The zero-order valence-corrected chi connectivity index (χ0v) is 9.64.